The molecule has 4 rings (SSSR count). The van der Waals surface area contributed by atoms with Crippen molar-refractivity contribution in [2.75, 3.05) is 38.2 Å². The molecule has 1 fully saturated rings. The first-order chi connectivity index (χ1) is 15.7. The van der Waals surface area contributed by atoms with Crippen LogP contribution in [0.3, 0.4) is 0 Å². The molecule has 1 aliphatic rings. The molecule has 2 N–H and O–H groups in total. The highest BCUT2D eigenvalue weighted by molar-refractivity contribution is 6.19. The van der Waals surface area contributed by atoms with Gasteiger partial charge in [0.15, 0.2) is 0 Å². The molecule has 0 saturated carbocycles. The maximum Gasteiger partial charge on any atom is 0.272 e. The molecule has 3 heterocycles. The van der Waals surface area contributed by atoms with Crippen LogP contribution in [-0.4, -0.2) is 60.3 Å². The molecular formula is C23H23F3N4O3. The van der Waals surface area contributed by atoms with Crippen molar-refractivity contribution in [1.82, 2.24) is 9.88 Å². The smallest absolute Gasteiger partial charge is 0.272 e. The fraction of sp³-hybridized carbons (Fsp3) is 0.348. The normalized spacial score (nSPS) is 14.8. The lowest BCUT2D eigenvalue weighted by Gasteiger charge is -2.21. The molecule has 7 nitrogen and oxygen atoms in total. The van der Waals surface area contributed by atoms with Crippen LogP contribution in [0.1, 0.15) is 35.0 Å². The average molecular weight is 460 g/mol. The number of hydrogen-bond donors (Lipinski definition) is 2. The third-order valence-corrected chi connectivity index (χ3v) is 5.30. The highest BCUT2D eigenvalue weighted by atomic mass is 19.3. The topological polar surface area (TPSA) is 91.5 Å². The molecular weight excluding hydrogens is 437 g/mol. The van der Waals surface area contributed by atoms with Crippen LogP contribution in [0, 0.1) is 11.2 Å². The number of furan rings is 1. The van der Waals surface area contributed by atoms with E-state index in [1.54, 1.807) is 4.90 Å². The quantitative estimate of drug-likeness (QED) is 0.535. The number of carbonyl (C=O) groups is 1. The van der Waals surface area contributed by atoms with Crippen molar-refractivity contribution in [2.45, 2.75) is 19.3 Å². The lowest BCUT2D eigenvalue weighted by molar-refractivity contribution is 0.0367. The van der Waals surface area contributed by atoms with Gasteiger partial charge in [-0.3, -0.25) is 15.2 Å². The van der Waals surface area contributed by atoms with E-state index in [1.807, 2.05) is 0 Å². The highest BCUT2D eigenvalue weighted by Gasteiger charge is 2.25. The Morgan fingerprint density at radius 1 is 1.24 bits per heavy atom. The van der Waals surface area contributed by atoms with Crippen LogP contribution in [0.15, 0.2) is 41.1 Å². The number of alkyl halides is 2. The van der Waals surface area contributed by atoms with Crippen LogP contribution in [0.25, 0.3) is 11.0 Å². The number of halogens is 3. The number of ether oxygens (including phenoxy) is 1. The van der Waals surface area contributed by atoms with E-state index in [0.29, 0.717) is 43.7 Å². The average Bonchev–Trinajstić information content (AvgIpc) is 3.00. The highest BCUT2D eigenvalue weighted by Crippen LogP contribution is 2.28. The number of rotatable bonds is 6. The zero-order chi connectivity index (χ0) is 23.6. The molecule has 174 valence electrons. The van der Waals surface area contributed by atoms with Crippen LogP contribution < -0.4 is 5.32 Å². The first-order valence-electron chi connectivity index (χ1n) is 10.5. The lowest BCUT2D eigenvalue weighted by Crippen LogP contribution is -2.34. The molecule has 2 aromatic heterocycles. The van der Waals surface area contributed by atoms with Crippen molar-refractivity contribution in [3.05, 3.63) is 59.4 Å². The molecule has 10 heteroatoms. The van der Waals surface area contributed by atoms with E-state index < -0.39 is 18.3 Å². The molecule has 1 amide bonds. The first-order valence-corrected chi connectivity index (χ1v) is 10.5. The van der Waals surface area contributed by atoms with Gasteiger partial charge in [-0.2, -0.15) is 0 Å². The Labute approximate surface area is 188 Å². The number of hydrogen-bond acceptors (Lipinski definition) is 6. The molecule has 3 aromatic rings. The predicted molar refractivity (Wildman–Crippen MR) is 117 cm³/mol. The largest absolute Gasteiger partial charge is 0.464 e. The van der Waals surface area contributed by atoms with E-state index in [-0.39, 0.29) is 34.1 Å². The van der Waals surface area contributed by atoms with Crippen LogP contribution in [0.4, 0.5) is 18.9 Å². The van der Waals surface area contributed by atoms with Crippen LogP contribution in [-0.2, 0) is 4.74 Å². The number of pyridine rings is 1. The fourth-order valence-electron chi connectivity index (χ4n) is 3.62. The second kappa shape index (κ2) is 9.22. The summed E-state index contributed by atoms with van der Waals surface area (Å²) >= 11 is 0. The second-order valence-corrected chi connectivity index (χ2v) is 7.96. The molecule has 0 radical (unpaired) electrons. The Morgan fingerprint density at radius 3 is 2.85 bits per heavy atom. The van der Waals surface area contributed by atoms with Gasteiger partial charge in [-0.25, -0.2) is 13.2 Å². The number of benzene rings is 1. The Balaban J connectivity index is 1.70. The summed E-state index contributed by atoms with van der Waals surface area (Å²) in [7, 11) is 0. The van der Waals surface area contributed by atoms with Crippen LogP contribution in [0.2, 0.25) is 0 Å². The van der Waals surface area contributed by atoms with Crippen molar-refractivity contribution in [1.29, 1.82) is 5.41 Å². The Bertz CT molecular complexity index is 1180. The van der Waals surface area contributed by atoms with E-state index in [9.17, 15) is 18.0 Å². The Hall–Kier alpha value is -3.40. The Kier molecular flexibility index (Phi) is 6.37. The summed E-state index contributed by atoms with van der Waals surface area (Å²) in [5.41, 5.74) is 0.961. The van der Waals surface area contributed by atoms with Crippen LogP contribution >= 0.6 is 0 Å². The molecule has 1 aromatic carbocycles. The van der Waals surface area contributed by atoms with Gasteiger partial charge in [0.1, 0.15) is 23.4 Å². The number of nitrogens with zero attached hydrogens (tertiary/aromatic N) is 2. The molecule has 0 aliphatic carbocycles. The molecule has 0 atom stereocenters. The number of amides is 1. The SMILES string of the molecule is CC(F)(F)CNc1cc(C(=O)N2CCCOCC2)ncc1C(=N)c1coc2ccc(F)cc12. The maximum absolute atomic E-state index is 13.8. The fourth-order valence-corrected chi connectivity index (χ4v) is 3.62. The van der Waals surface area contributed by atoms with Gasteiger partial charge >= 0.3 is 0 Å². The van der Waals surface area contributed by atoms with Gasteiger partial charge in [-0.1, -0.05) is 0 Å². The van der Waals surface area contributed by atoms with Crippen molar-refractivity contribution < 1.29 is 27.1 Å². The minimum absolute atomic E-state index is 0.0680. The minimum Gasteiger partial charge on any atom is -0.464 e. The second-order valence-electron chi connectivity index (χ2n) is 7.96. The summed E-state index contributed by atoms with van der Waals surface area (Å²) in [6, 6.07) is 5.30. The standard InChI is InChI=1S/C23H23F3N4O3/c1-23(25,26)13-29-18-10-19(22(31)30-5-2-7-32-8-6-30)28-11-16(18)21(27)17-12-33-20-4-3-14(24)9-15(17)20/h3-4,9-12,27H,2,5-8,13H2,1H3,(H,28,29). The van der Waals surface area contributed by atoms with Gasteiger partial charge in [-0.05, 0) is 30.7 Å². The third kappa shape index (κ3) is 5.16. The lowest BCUT2D eigenvalue weighted by atomic mass is 10.0. The molecule has 0 unspecified atom stereocenters. The van der Waals surface area contributed by atoms with Gasteiger partial charge in [0.25, 0.3) is 11.8 Å². The predicted octanol–water partition coefficient (Wildman–Crippen LogP) is 4.31. The van der Waals surface area contributed by atoms with Crippen molar-refractivity contribution in [3.8, 4) is 0 Å². The summed E-state index contributed by atoms with van der Waals surface area (Å²) in [6.07, 6.45) is 3.28. The first kappa shape index (κ1) is 22.8. The van der Waals surface area contributed by atoms with E-state index in [2.05, 4.69) is 10.3 Å². The number of carbonyl (C=O) groups excluding carboxylic acids is 1. The molecule has 0 bridgehead atoms. The number of anilines is 1. The van der Waals surface area contributed by atoms with Crippen LogP contribution in [0.5, 0.6) is 0 Å². The van der Waals surface area contributed by atoms with E-state index in [4.69, 9.17) is 14.6 Å². The van der Waals surface area contributed by atoms with E-state index >= 15 is 0 Å². The summed E-state index contributed by atoms with van der Waals surface area (Å²) in [5, 5.41) is 11.7. The molecule has 1 saturated heterocycles. The van der Waals surface area contributed by atoms with Gasteiger partial charge in [0.05, 0.1) is 18.9 Å². The molecule has 0 spiro atoms. The van der Waals surface area contributed by atoms with Crippen molar-refractivity contribution in [3.63, 3.8) is 0 Å². The van der Waals surface area contributed by atoms with E-state index in [0.717, 1.165) is 6.92 Å². The maximum atomic E-state index is 13.8. The summed E-state index contributed by atoms with van der Waals surface area (Å²) in [4.78, 5) is 18.8. The third-order valence-electron chi connectivity index (χ3n) is 5.30. The number of nitrogens with one attached hydrogen (secondary N) is 2. The van der Waals surface area contributed by atoms with Gasteiger partial charge in [-0.15, -0.1) is 0 Å². The van der Waals surface area contributed by atoms with Crippen molar-refractivity contribution >= 4 is 28.3 Å². The van der Waals surface area contributed by atoms with E-state index in [1.165, 1.54) is 36.7 Å². The zero-order valence-electron chi connectivity index (χ0n) is 18.0. The monoisotopic (exact) mass is 460 g/mol. The van der Waals surface area contributed by atoms with Crippen molar-refractivity contribution in [2.24, 2.45) is 0 Å². The number of fused-ring (bicyclic) bond motifs is 1. The van der Waals surface area contributed by atoms with Gasteiger partial charge in [0.2, 0.25) is 0 Å². The minimum atomic E-state index is -3.03. The van der Waals surface area contributed by atoms with Gasteiger partial charge in [0, 0.05) is 55.0 Å². The summed E-state index contributed by atoms with van der Waals surface area (Å²) < 4.78 is 51.7. The number of aromatic nitrogens is 1. The molecule has 1 aliphatic heterocycles. The molecule has 33 heavy (non-hydrogen) atoms. The zero-order valence-corrected chi connectivity index (χ0v) is 18.0. The summed E-state index contributed by atoms with van der Waals surface area (Å²) in [5.74, 6) is -3.87. The van der Waals surface area contributed by atoms with Gasteiger partial charge < -0.3 is 19.4 Å². The summed E-state index contributed by atoms with van der Waals surface area (Å²) in [6.45, 7) is 1.93. The Morgan fingerprint density at radius 2 is 2.06 bits per heavy atom.